The zero-order chi connectivity index (χ0) is 14.4. The summed E-state index contributed by atoms with van der Waals surface area (Å²) >= 11 is 0. The Morgan fingerprint density at radius 3 is 2.20 bits per heavy atom. The van der Waals surface area contributed by atoms with Gasteiger partial charge in [0.15, 0.2) is 0 Å². The second-order valence-electron chi connectivity index (χ2n) is 4.54. The number of carbonyl (C=O) groups is 1. The zero-order valence-electron chi connectivity index (χ0n) is 10.9. The van der Waals surface area contributed by atoms with Crippen molar-refractivity contribution in [3.63, 3.8) is 0 Å². The number of aryl methyl sites for hydroxylation is 1. The third kappa shape index (κ3) is 4.46. The normalized spacial score (nSPS) is 10.3. The fraction of sp³-hybridized carbons (Fsp3) is 0.188. The summed E-state index contributed by atoms with van der Waals surface area (Å²) in [5.74, 6) is -0.766. The van der Waals surface area contributed by atoms with Gasteiger partial charge in [0.1, 0.15) is 11.6 Å². The van der Waals surface area contributed by atoms with Gasteiger partial charge in [-0.1, -0.05) is 24.3 Å². The SMILES string of the molecule is O=C(CCc1cccc(F)c1)NCc1cccc(F)c1. The van der Waals surface area contributed by atoms with E-state index in [2.05, 4.69) is 5.32 Å². The van der Waals surface area contributed by atoms with E-state index in [1.54, 1.807) is 24.3 Å². The maximum atomic E-state index is 13.0. The number of carbonyl (C=O) groups excluding carboxylic acids is 1. The van der Waals surface area contributed by atoms with E-state index in [0.717, 1.165) is 5.56 Å². The monoisotopic (exact) mass is 275 g/mol. The summed E-state index contributed by atoms with van der Waals surface area (Å²) in [6, 6.07) is 12.3. The first-order valence-electron chi connectivity index (χ1n) is 6.39. The van der Waals surface area contributed by atoms with Crippen molar-refractivity contribution < 1.29 is 13.6 Å². The summed E-state index contributed by atoms with van der Waals surface area (Å²) in [5.41, 5.74) is 1.50. The molecular formula is C16H15F2NO. The molecule has 20 heavy (non-hydrogen) atoms. The summed E-state index contributed by atoms with van der Waals surface area (Å²) in [5, 5.41) is 2.71. The van der Waals surface area contributed by atoms with Crippen molar-refractivity contribution in [3.8, 4) is 0 Å². The molecule has 1 N–H and O–H groups in total. The Morgan fingerprint density at radius 2 is 1.55 bits per heavy atom. The molecule has 1 amide bonds. The van der Waals surface area contributed by atoms with Gasteiger partial charge in [0.25, 0.3) is 0 Å². The van der Waals surface area contributed by atoms with E-state index < -0.39 is 0 Å². The summed E-state index contributed by atoms with van der Waals surface area (Å²) in [6.45, 7) is 0.291. The predicted octanol–water partition coefficient (Wildman–Crippen LogP) is 3.21. The van der Waals surface area contributed by atoms with Crippen LogP contribution in [0, 0.1) is 11.6 Å². The third-order valence-corrected chi connectivity index (χ3v) is 2.91. The van der Waals surface area contributed by atoms with Crippen molar-refractivity contribution in [2.45, 2.75) is 19.4 Å². The van der Waals surface area contributed by atoms with Crippen LogP contribution in [0.5, 0.6) is 0 Å². The predicted molar refractivity (Wildman–Crippen MR) is 73.0 cm³/mol. The van der Waals surface area contributed by atoms with Crippen molar-refractivity contribution in [1.82, 2.24) is 5.32 Å². The quantitative estimate of drug-likeness (QED) is 0.892. The first-order chi connectivity index (χ1) is 9.63. The first kappa shape index (κ1) is 14.2. The molecule has 0 unspecified atom stereocenters. The second kappa shape index (κ2) is 6.80. The van der Waals surface area contributed by atoms with Crippen molar-refractivity contribution >= 4 is 5.91 Å². The highest BCUT2D eigenvalue weighted by Gasteiger charge is 2.03. The molecule has 2 aromatic rings. The highest BCUT2D eigenvalue weighted by Crippen LogP contribution is 2.07. The van der Waals surface area contributed by atoms with Gasteiger partial charge >= 0.3 is 0 Å². The summed E-state index contributed by atoms with van der Waals surface area (Å²) in [6.07, 6.45) is 0.755. The number of rotatable bonds is 5. The Kier molecular flexibility index (Phi) is 4.82. The molecule has 2 aromatic carbocycles. The molecular weight excluding hydrogens is 260 g/mol. The molecule has 0 bridgehead atoms. The van der Waals surface area contributed by atoms with E-state index in [-0.39, 0.29) is 24.0 Å². The largest absolute Gasteiger partial charge is 0.352 e. The van der Waals surface area contributed by atoms with Crippen LogP contribution in [0.4, 0.5) is 8.78 Å². The molecule has 0 heterocycles. The molecule has 0 saturated heterocycles. The molecule has 104 valence electrons. The van der Waals surface area contributed by atoms with Crippen LogP contribution in [0.3, 0.4) is 0 Å². The van der Waals surface area contributed by atoms with Crippen LogP contribution in [-0.2, 0) is 17.8 Å². The highest BCUT2D eigenvalue weighted by molar-refractivity contribution is 5.76. The van der Waals surface area contributed by atoms with Crippen LogP contribution in [0.2, 0.25) is 0 Å². The molecule has 0 fully saturated rings. The van der Waals surface area contributed by atoms with E-state index in [1.165, 1.54) is 24.3 Å². The van der Waals surface area contributed by atoms with Gasteiger partial charge in [-0.15, -0.1) is 0 Å². The molecule has 0 aliphatic rings. The van der Waals surface area contributed by atoms with E-state index >= 15 is 0 Å². The van der Waals surface area contributed by atoms with E-state index in [4.69, 9.17) is 0 Å². The van der Waals surface area contributed by atoms with Gasteiger partial charge in [-0.3, -0.25) is 4.79 Å². The van der Waals surface area contributed by atoms with Crippen molar-refractivity contribution in [2.24, 2.45) is 0 Å². The number of amides is 1. The fourth-order valence-corrected chi connectivity index (χ4v) is 1.89. The van der Waals surface area contributed by atoms with Crippen molar-refractivity contribution in [1.29, 1.82) is 0 Å². The maximum absolute atomic E-state index is 13.0. The number of hydrogen-bond donors (Lipinski definition) is 1. The molecule has 4 heteroatoms. The average Bonchev–Trinajstić information content (AvgIpc) is 2.43. The molecule has 0 spiro atoms. The minimum atomic E-state index is -0.323. The van der Waals surface area contributed by atoms with Gasteiger partial charge in [0, 0.05) is 13.0 Å². The molecule has 0 atom stereocenters. The molecule has 2 rings (SSSR count). The topological polar surface area (TPSA) is 29.1 Å². The molecule has 0 saturated carbocycles. The van der Waals surface area contributed by atoms with Crippen LogP contribution in [0.1, 0.15) is 17.5 Å². The highest BCUT2D eigenvalue weighted by atomic mass is 19.1. The lowest BCUT2D eigenvalue weighted by Crippen LogP contribution is -2.23. The van der Waals surface area contributed by atoms with Crippen LogP contribution >= 0.6 is 0 Å². The standard InChI is InChI=1S/C16H15F2NO/c17-14-5-1-3-12(9-14)7-8-16(20)19-11-13-4-2-6-15(18)10-13/h1-6,9-10H,7-8,11H2,(H,19,20). The summed E-state index contributed by atoms with van der Waals surface area (Å²) in [4.78, 5) is 11.7. The number of nitrogens with one attached hydrogen (secondary N) is 1. The summed E-state index contributed by atoms with van der Waals surface area (Å²) < 4.78 is 25.9. The molecule has 2 nitrogen and oxygen atoms in total. The van der Waals surface area contributed by atoms with Gasteiger partial charge in [-0.25, -0.2) is 8.78 Å². The van der Waals surface area contributed by atoms with Gasteiger partial charge in [-0.2, -0.15) is 0 Å². The lowest BCUT2D eigenvalue weighted by atomic mass is 10.1. The molecule has 0 aliphatic heterocycles. The van der Waals surface area contributed by atoms with Gasteiger partial charge < -0.3 is 5.32 Å². The zero-order valence-corrected chi connectivity index (χ0v) is 10.9. The average molecular weight is 275 g/mol. The van der Waals surface area contributed by atoms with E-state index in [0.29, 0.717) is 18.5 Å². The van der Waals surface area contributed by atoms with Crippen LogP contribution in [0.25, 0.3) is 0 Å². The van der Waals surface area contributed by atoms with E-state index in [1.807, 2.05) is 0 Å². The van der Waals surface area contributed by atoms with Crippen molar-refractivity contribution in [2.75, 3.05) is 0 Å². The third-order valence-electron chi connectivity index (χ3n) is 2.91. The second-order valence-corrected chi connectivity index (χ2v) is 4.54. The Morgan fingerprint density at radius 1 is 0.950 bits per heavy atom. The molecule has 0 aliphatic carbocycles. The fourth-order valence-electron chi connectivity index (χ4n) is 1.89. The molecule has 0 radical (unpaired) electrons. The summed E-state index contributed by atoms with van der Waals surface area (Å²) in [7, 11) is 0. The van der Waals surface area contributed by atoms with Gasteiger partial charge in [0.05, 0.1) is 0 Å². The van der Waals surface area contributed by atoms with Gasteiger partial charge in [-0.05, 0) is 41.8 Å². The first-order valence-corrected chi connectivity index (χ1v) is 6.39. The lowest BCUT2D eigenvalue weighted by molar-refractivity contribution is -0.121. The Balaban J connectivity index is 1.78. The van der Waals surface area contributed by atoms with Crippen LogP contribution < -0.4 is 5.32 Å². The minimum Gasteiger partial charge on any atom is -0.352 e. The number of halogens is 2. The lowest BCUT2D eigenvalue weighted by Gasteiger charge is -2.06. The number of benzene rings is 2. The van der Waals surface area contributed by atoms with Crippen LogP contribution in [-0.4, -0.2) is 5.91 Å². The van der Waals surface area contributed by atoms with Gasteiger partial charge in [0.2, 0.25) is 5.91 Å². The van der Waals surface area contributed by atoms with E-state index in [9.17, 15) is 13.6 Å². The maximum Gasteiger partial charge on any atom is 0.220 e. The number of hydrogen-bond acceptors (Lipinski definition) is 1. The Labute approximate surface area is 116 Å². The molecule has 0 aromatic heterocycles. The minimum absolute atomic E-state index is 0.140. The van der Waals surface area contributed by atoms with Crippen molar-refractivity contribution in [3.05, 3.63) is 71.3 Å². The Bertz CT molecular complexity index is 547. The Hall–Kier alpha value is -2.23. The smallest absolute Gasteiger partial charge is 0.220 e. The van der Waals surface area contributed by atoms with Crippen LogP contribution in [0.15, 0.2) is 48.5 Å².